The zero-order chi connectivity index (χ0) is 22.3. The summed E-state index contributed by atoms with van der Waals surface area (Å²) in [4.78, 5) is 21.4. The third-order valence-electron chi connectivity index (χ3n) is 6.00. The number of carbonyl (C=O) groups excluding carboxylic acids is 1. The van der Waals surface area contributed by atoms with Crippen LogP contribution in [0.2, 0.25) is 0 Å². The molecule has 1 aliphatic carbocycles. The van der Waals surface area contributed by atoms with Gasteiger partial charge in [0.2, 0.25) is 11.9 Å². The fourth-order valence-electron chi connectivity index (χ4n) is 4.24. The van der Waals surface area contributed by atoms with E-state index >= 15 is 0 Å². The molecule has 0 spiro atoms. The van der Waals surface area contributed by atoms with Crippen LogP contribution in [-0.4, -0.2) is 49.1 Å². The van der Waals surface area contributed by atoms with Gasteiger partial charge in [0.1, 0.15) is 10.3 Å². The fourth-order valence-corrected chi connectivity index (χ4v) is 4.68. The van der Waals surface area contributed by atoms with Crippen LogP contribution in [0.3, 0.4) is 0 Å². The normalized spacial score (nSPS) is 20.5. The molecule has 0 unspecified atom stereocenters. The molecule has 0 saturated heterocycles. The average Bonchev–Trinajstić information content (AvgIpc) is 3.54. The molecule has 10 nitrogen and oxygen atoms in total. The zero-order valence-electron chi connectivity index (χ0n) is 17.5. The van der Waals surface area contributed by atoms with Crippen molar-refractivity contribution in [1.29, 1.82) is 0 Å². The monoisotopic (exact) mass is 496 g/mol. The van der Waals surface area contributed by atoms with Gasteiger partial charge >= 0.3 is 0 Å². The Hall–Kier alpha value is -3.34. The van der Waals surface area contributed by atoms with Gasteiger partial charge in [0.15, 0.2) is 5.65 Å². The summed E-state index contributed by atoms with van der Waals surface area (Å²) in [5.41, 5.74) is 2.71. The maximum Gasteiger partial charge on any atom is 0.225 e. The molecular weight excluding hydrogens is 476 g/mol. The van der Waals surface area contributed by atoms with Gasteiger partial charge in [-0.2, -0.15) is 10.1 Å². The van der Waals surface area contributed by atoms with E-state index in [0.29, 0.717) is 21.9 Å². The van der Waals surface area contributed by atoms with Crippen molar-refractivity contribution in [3.8, 4) is 16.9 Å². The van der Waals surface area contributed by atoms with Crippen LogP contribution in [0.4, 0.5) is 5.95 Å². The number of nitrogens with zero attached hydrogens (tertiary/aromatic N) is 6. The number of fused-ring (bicyclic) bond motifs is 1. The molecular formula is C21H21BrN8O2. The van der Waals surface area contributed by atoms with Gasteiger partial charge < -0.3 is 10.6 Å². The Bertz CT molecular complexity index is 1270. The first-order valence-electron chi connectivity index (χ1n) is 10.3. The highest BCUT2D eigenvalue weighted by molar-refractivity contribution is 9.10. The van der Waals surface area contributed by atoms with Gasteiger partial charge in [-0.25, -0.2) is 14.3 Å². The van der Waals surface area contributed by atoms with Gasteiger partial charge in [0.25, 0.3) is 0 Å². The Kier molecular flexibility index (Phi) is 5.12. The van der Waals surface area contributed by atoms with Crippen molar-refractivity contribution in [2.45, 2.75) is 32.2 Å². The molecule has 32 heavy (non-hydrogen) atoms. The highest BCUT2D eigenvalue weighted by Crippen LogP contribution is 2.39. The van der Waals surface area contributed by atoms with Crippen LogP contribution >= 0.6 is 15.9 Å². The van der Waals surface area contributed by atoms with Crippen molar-refractivity contribution in [3.05, 3.63) is 41.3 Å². The van der Waals surface area contributed by atoms with Crippen molar-refractivity contribution >= 4 is 38.8 Å². The largest absolute Gasteiger partial charge is 0.359 e. The minimum Gasteiger partial charge on any atom is -0.359 e. The van der Waals surface area contributed by atoms with E-state index in [9.17, 15) is 4.79 Å². The molecule has 11 heteroatoms. The maximum absolute atomic E-state index is 12.2. The molecule has 0 bridgehead atoms. The Morgan fingerprint density at radius 3 is 2.81 bits per heavy atom. The van der Waals surface area contributed by atoms with Crippen molar-refractivity contribution in [3.63, 3.8) is 0 Å². The number of nitrogens with one attached hydrogen (secondary N) is 2. The highest BCUT2D eigenvalue weighted by Gasteiger charge is 2.40. The van der Waals surface area contributed by atoms with Crippen LogP contribution in [0.15, 0.2) is 45.9 Å². The number of hydrogen-bond acceptors (Lipinski definition) is 8. The first-order chi connectivity index (χ1) is 15.5. The number of carbonyl (C=O) groups is 1. The Morgan fingerprint density at radius 2 is 2.09 bits per heavy atom. The molecule has 3 heterocycles. The van der Waals surface area contributed by atoms with E-state index in [0.717, 1.165) is 35.9 Å². The van der Waals surface area contributed by atoms with Crippen LogP contribution in [0, 0.1) is 5.41 Å². The van der Waals surface area contributed by atoms with Gasteiger partial charge in [-0.15, -0.1) is 0 Å². The Balaban J connectivity index is 1.42. The lowest BCUT2D eigenvalue weighted by atomic mass is 9.87. The van der Waals surface area contributed by atoms with Gasteiger partial charge in [-0.1, -0.05) is 24.2 Å². The molecule has 1 fully saturated rings. The molecule has 1 aromatic carbocycles. The molecule has 4 aromatic rings. The lowest BCUT2D eigenvalue weighted by Gasteiger charge is -2.22. The topological polar surface area (TPSA) is 124 Å². The molecule has 1 saturated carbocycles. The standard InChI is InChI=1S/C21H21BrN8O2/c1-21(19(31)23-2)8-7-13(9-21)26-20-24-10-15-17(22)28-30(18(15)27-20)14-5-3-12(4-6-14)16-11-25-32-29-16/h3-6,10-11,13H,7-9H2,1-2H3,(H,23,31)(H,24,26,27)/t13-,21-/m1/s1. The summed E-state index contributed by atoms with van der Waals surface area (Å²) in [5.74, 6) is 0.590. The van der Waals surface area contributed by atoms with E-state index in [1.165, 1.54) is 0 Å². The quantitative estimate of drug-likeness (QED) is 0.431. The second kappa shape index (κ2) is 7.97. The van der Waals surface area contributed by atoms with Crippen LogP contribution < -0.4 is 10.6 Å². The zero-order valence-corrected chi connectivity index (χ0v) is 19.1. The smallest absolute Gasteiger partial charge is 0.225 e. The third-order valence-corrected chi connectivity index (χ3v) is 6.58. The van der Waals surface area contributed by atoms with Gasteiger partial charge in [0, 0.05) is 30.3 Å². The molecule has 5 rings (SSSR count). The molecule has 0 radical (unpaired) electrons. The number of benzene rings is 1. The summed E-state index contributed by atoms with van der Waals surface area (Å²) in [6.07, 6.45) is 5.75. The Morgan fingerprint density at radius 1 is 1.28 bits per heavy atom. The first kappa shape index (κ1) is 20.6. The van der Waals surface area contributed by atoms with Crippen LogP contribution in [-0.2, 0) is 4.79 Å². The van der Waals surface area contributed by atoms with Gasteiger partial charge in [-0.05, 0) is 52.5 Å². The Labute approximate surface area is 191 Å². The minimum atomic E-state index is -0.373. The average molecular weight is 497 g/mol. The number of hydrogen-bond donors (Lipinski definition) is 2. The third kappa shape index (κ3) is 3.62. The highest BCUT2D eigenvalue weighted by atomic mass is 79.9. The van der Waals surface area contributed by atoms with Crippen LogP contribution in [0.25, 0.3) is 28.0 Å². The summed E-state index contributed by atoms with van der Waals surface area (Å²) < 4.78 is 7.10. The minimum absolute atomic E-state index is 0.0741. The number of halogens is 1. The van der Waals surface area contributed by atoms with Crippen molar-refractivity contribution in [1.82, 2.24) is 35.4 Å². The van der Waals surface area contributed by atoms with Gasteiger partial charge in [-0.3, -0.25) is 4.79 Å². The molecule has 164 valence electrons. The lowest BCUT2D eigenvalue weighted by Crippen LogP contribution is -2.35. The van der Waals surface area contributed by atoms with Gasteiger partial charge in [0.05, 0.1) is 17.3 Å². The first-order valence-corrected chi connectivity index (χ1v) is 11.0. The molecule has 1 amide bonds. The summed E-state index contributed by atoms with van der Waals surface area (Å²) in [6.45, 7) is 2.00. The second-order valence-corrected chi connectivity index (χ2v) is 8.95. The summed E-state index contributed by atoms with van der Waals surface area (Å²) in [7, 11) is 1.68. The number of anilines is 1. The number of rotatable bonds is 5. The number of aromatic nitrogens is 6. The van der Waals surface area contributed by atoms with Crippen molar-refractivity contribution < 1.29 is 9.42 Å². The second-order valence-electron chi connectivity index (χ2n) is 8.20. The molecule has 1 aliphatic rings. The summed E-state index contributed by atoms with van der Waals surface area (Å²) >= 11 is 3.51. The maximum atomic E-state index is 12.2. The summed E-state index contributed by atoms with van der Waals surface area (Å²) in [5, 5.41) is 19.1. The van der Waals surface area contributed by atoms with E-state index in [1.54, 1.807) is 24.1 Å². The van der Waals surface area contributed by atoms with E-state index in [-0.39, 0.29) is 17.4 Å². The molecule has 0 aliphatic heterocycles. The molecule has 2 atom stereocenters. The summed E-state index contributed by atoms with van der Waals surface area (Å²) in [6, 6.07) is 7.85. The van der Waals surface area contributed by atoms with Crippen molar-refractivity contribution in [2.24, 2.45) is 5.41 Å². The predicted octanol–water partition coefficient (Wildman–Crippen LogP) is 3.34. The van der Waals surface area contributed by atoms with E-state index < -0.39 is 0 Å². The fraction of sp³-hybridized carbons (Fsp3) is 0.333. The molecule has 2 N–H and O–H groups in total. The molecule has 3 aromatic heterocycles. The van der Waals surface area contributed by atoms with Crippen LogP contribution in [0.5, 0.6) is 0 Å². The van der Waals surface area contributed by atoms with E-state index in [2.05, 4.69) is 51.6 Å². The van der Waals surface area contributed by atoms with E-state index in [1.807, 2.05) is 31.2 Å². The number of amides is 1. The van der Waals surface area contributed by atoms with Crippen LogP contribution in [0.1, 0.15) is 26.2 Å². The SMILES string of the molecule is CNC(=O)[C@]1(C)CC[C@@H](Nc2ncc3c(Br)nn(-c4ccc(-c5cnon5)cc4)c3n2)C1. The predicted molar refractivity (Wildman–Crippen MR) is 121 cm³/mol. The van der Waals surface area contributed by atoms with Crippen molar-refractivity contribution in [2.75, 3.05) is 12.4 Å². The lowest BCUT2D eigenvalue weighted by molar-refractivity contribution is -0.129. The van der Waals surface area contributed by atoms with E-state index in [4.69, 9.17) is 4.98 Å².